The normalized spacial score (nSPS) is 12.1. The molecule has 0 aliphatic carbocycles. The molecule has 11 heteroatoms. The SMILES string of the molecule is Cn1cc(S(=O)(=O)Nc2nc(OCCC(C)(C)O)cc(-c3cccc4cccnc34)n2)cn1. The highest BCUT2D eigenvalue weighted by Crippen LogP contribution is 2.29. The Morgan fingerprint density at radius 3 is 2.70 bits per heavy atom. The lowest BCUT2D eigenvalue weighted by Crippen LogP contribution is -2.22. The summed E-state index contributed by atoms with van der Waals surface area (Å²) in [4.78, 5) is 13.1. The molecule has 4 rings (SSSR count). The zero-order chi connectivity index (χ0) is 23.6. The number of rotatable bonds is 8. The number of para-hydroxylation sites is 1. The number of pyridine rings is 1. The van der Waals surface area contributed by atoms with E-state index in [1.807, 2.05) is 30.3 Å². The van der Waals surface area contributed by atoms with E-state index in [-0.39, 0.29) is 23.3 Å². The van der Waals surface area contributed by atoms with Gasteiger partial charge in [-0.1, -0.05) is 24.3 Å². The van der Waals surface area contributed by atoms with Crippen molar-refractivity contribution in [2.75, 3.05) is 11.3 Å². The quantitative estimate of drug-likeness (QED) is 0.403. The van der Waals surface area contributed by atoms with E-state index in [9.17, 15) is 13.5 Å². The van der Waals surface area contributed by atoms with Gasteiger partial charge in [0.1, 0.15) is 4.90 Å². The van der Waals surface area contributed by atoms with Crippen molar-refractivity contribution in [3.63, 3.8) is 0 Å². The highest BCUT2D eigenvalue weighted by Gasteiger charge is 2.20. The molecule has 33 heavy (non-hydrogen) atoms. The van der Waals surface area contributed by atoms with Crippen LogP contribution in [0.4, 0.5) is 5.95 Å². The average molecular weight is 469 g/mol. The van der Waals surface area contributed by atoms with Crippen LogP contribution in [-0.2, 0) is 17.1 Å². The monoisotopic (exact) mass is 468 g/mol. The lowest BCUT2D eigenvalue weighted by Gasteiger charge is -2.17. The number of sulfonamides is 1. The molecule has 0 fully saturated rings. The van der Waals surface area contributed by atoms with Crippen LogP contribution in [0, 0.1) is 0 Å². The topological polar surface area (TPSA) is 132 Å². The summed E-state index contributed by atoms with van der Waals surface area (Å²) in [7, 11) is -2.34. The molecular formula is C22H24N6O4S. The third-order valence-corrected chi connectivity index (χ3v) is 6.07. The predicted octanol–water partition coefficient (Wildman–Crippen LogP) is 2.77. The van der Waals surface area contributed by atoms with Gasteiger partial charge in [-0.2, -0.15) is 10.1 Å². The van der Waals surface area contributed by atoms with Crippen LogP contribution < -0.4 is 9.46 Å². The van der Waals surface area contributed by atoms with Crippen molar-refractivity contribution in [3.8, 4) is 17.1 Å². The van der Waals surface area contributed by atoms with Gasteiger partial charge in [-0.3, -0.25) is 9.67 Å². The molecule has 0 spiro atoms. The highest BCUT2D eigenvalue weighted by atomic mass is 32.2. The summed E-state index contributed by atoms with van der Waals surface area (Å²) in [5.74, 6) is 0.0172. The Kier molecular flexibility index (Phi) is 6.00. The number of aliphatic hydroxyl groups is 1. The fourth-order valence-electron chi connectivity index (χ4n) is 3.12. The van der Waals surface area contributed by atoms with Gasteiger partial charge in [-0.15, -0.1) is 0 Å². The maximum Gasteiger partial charge on any atom is 0.267 e. The Morgan fingerprint density at radius 1 is 1.18 bits per heavy atom. The van der Waals surface area contributed by atoms with Gasteiger partial charge in [-0.05, 0) is 19.9 Å². The van der Waals surface area contributed by atoms with Crippen LogP contribution in [0.2, 0.25) is 0 Å². The first-order valence-electron chi connectivity index (χ1n) is 10.2. The Bertz CT molecular complexity index is 1390. The minimum absolute atomic E-state index is 0.0182. The maximum absolute atomic E-state index is 12.8. The number of anilines is 1. The Labute approximate surface area is 191 Å². The van der Waals surface area contributed by atoms with Crippen LogP contribution in [0.5, 0.6) is 5.88 Å². The third kappa shape index (κ3) is 5.44. The average Bonchev–Trinajstić information content (AvgIpc) is 3.19. The van der Waals surface area contributed by atoms with E-state index in [1.165, 1.54) is 17.1 Å². The first kappa shape index (κ1) is 22.6. The molecule has 0 saturated heterocycles. The largest absolute Gasteiger partial charge is 0.477 e. The Hall–Kier alpha value is -3.57. The van der Waals surface area contributed by atoms with E-state index < -0.39 is 15.6 Å². The maximum atomic E-state index is 12.8. The number of aromatic nitrogens is 5. The van der Waals surface area contributed by atoms with E-state index in [2.05, 4.69) is 24.8 Å². The molecule has 0 aliphatic rings. The molecular weight excluding hydrogens is 444 g/mol. The molecule has 172 valence electrons. The lowest BCUT2D eigenvalue weighted by atomic mass is 10.1. The third-order valence-electron chi connectivity index (χ3n) is 4.79. The molecule has 3 heterocycles. The first-order valence-corrected chi connectivity index (χ1v) is 11.7. The number of hydrogen-bond acceptors (Lipinski definition) is 8. The molecule has 0 atom stereocenters. The van der Waals surface area contributed by atoms with Crippen molar-refractivity contribution in [1.29, 1.82) is 0 Å². The van der Waals surface area contributed by atoms with Gasteiger partial charge in [0.25, 0.3) is 10.0 Å². The zero-order valence-electron chi connectivity index (χ0n) is 18.4. The second-order valence-corrected chi connectivity index (χ2v) is 9.84. The molecule has 2 N–H and O–H groups in total. The smallest absolute Gasteiger partial charge is 0.267 e. The van der Waals surface area contributed by atoms with Gasteiger partial charge in [-0.25, -0.2) is 18.1 Å². The summed E-state index contributed by atoms with van der Waals surface area (Å²) in [5, 5.41) is 14.8. The van der Waals surface area contributed by atoms with Crippen LogP contribution in [0.15, 0.2) is 59.9 Å². The van der Waals surface area contributed by atoms with Crippen molar-refractivity contribution in [3.05, 3.63) is 55.0 Å². The number of benzene rings is 1. The molecule has 0 amide bonds. The number of fused-ring (bicyclic) bond motifs is 1. The predicted molar refractivity (Wildman–Crippen MR) is 123 cm³/mol. The van der Waals surface area contributed by atoms with Crippen LogP contribution in [0.1, 0.15) is 20.3 Å². The van der Waals surface area contributed by atoms with Gasteiger partial charge < -0.3 is 9.84 Å². The second-order valence-electron chi connectivity index (χ2n) is 8.16. The molecule has 10 nitrogen and oxygen atoms in total. The molecule has 0 radical (unpaired) electrons. The Balaban J connectivity index is 1.75. The van der Waals surface area contributed by atoms with Crippen LogP contribution in [-0.4, -0.2) is 50.5 Å². The fourth-order valence-corrected chi connectivity index (χ4v) is 4.04. The van der Waals surface area contributed by atoms with Crippen LogP contribution >= 0.6 is 0 Å². The summed E-state index contributed by atoms with van der Waals surface area (Å²) in [6.45, 7) is 3.54. The Morgan fingerprint density at radius 2 is 1.97 bits per heavy atom. The first-order chi connectivity index (χ1) is 15.6. The van der Waals surface area contributed by atoms with Crippen molar-refractivity contribution in [2.45, 2.75) is 30.8 Å². The van der Waals surface area contributed by atoms with Gasteiger partial charge in [0.05, 0.1) is 29.6 Å². The number of nitrogens with one attached hydrogen (secondary N) is 1. The summed E-state index contributed by atoms with van der Waals surface area (Å²) in [6.07, 6.45) is 4.65. The lowest BCUT2D eigenvalue weighted by molar-refractivity contribution is 0.0547. The van der Waals surface area contributed by atoms with Gasteiger partial charge >= 0.3 is 0 Å². The molecule has 0 saturated carbocycles. The molecule has 4 aromatic rings. The highest BCUT2D eigenvalue weighted by molar-refractivity contribution is 7.92. The van der Waals surface area contributed by atoms with E-state index in [1.54, 1.807) is 33.2 Å². The summed E-state index contributed by atoms with van der Waals surface area (Å²) >= 11 is 0. The van der Waals surface area contributed by atoms with Crippen molar-refractivity contribution in [1.82, 2.24) is 24.7 Å². The number of ether oxygens (including phenoxy) is 1. The van der Waals surface area contributed by atoms with Gasteiger partial charge in [0, 0.05) is 42.9 Å². The molecule has 0 bridgehead atoms. The molecule has 0 unspecified atom stereocenters. The van der Waals surface area contributed by atoms with E-state index in [4.69, 9.17) is 4.74 Å². The molecule has 0 aliphatic heterocycles. The number of nitrogens with zero attached hydrogens (tertiary/aromatic N) is 5. The number of hydrogen-bond donors (Lipinski definition) is 2. The van der Waals surface area contributed by atoms with Crippen molar-refractivity contribution in [2.24, 2.45) is 7.05 Å². The molecule has 1 aromatic carbocycles. The second kappa shape index (κ2) is 8.75. The van der Waals surface area contributed by atoms with Crippen molar-refractivity contribution >= 4 is 26.9 Å². The molecule has 3 aromatic heterocycles. The van der Waals surface area contributed by atoms with Crippen molar-refractivity contribution < 1.29 is 18.3 Å². The summed E-state index contributed by atoms with van der Waals surface area (Å²) in [5.41, 5.74) is 0.934. The zero-order valence-corrected chi connectivity index (χ0v) is 19.2. The standard InChI is InChI=1S/C22H24N6O4S/c1-22(2,29)9-11-32-19-12-18(17-8-4-6-15-7-5-10-23-20(15)17)25-21(26-19)27-33(30,31)16-13-24-28(3)14-16/h4-8,10,12-14,29H,9,11H2,1-3H3,(H,25,26,27). The fraction of sp³-hybridized carbons (Fsp3) is 0.273. The van der Waals surface area contributed by atoms with E-state index >= 15 is 0 Å². The minimum Gasteiger partial charge on any atom is -0.477 e. The van der Waals surface area contributed by atoms with E-state index in [0.717, 1.165) is 5.39 Å². The summed E-state index contributed by atoms with van der Waals surface area (Å²) < 4.78 is 35.1. The number of aryl methyl sites for hydroxylation is 1. The van der Waals surface area contributed by atoms with Gasteiger partial charge in [0.15, 0.2) is 0 Å². The van der Waals surface area contributed by atoms with Crippen LogP contribution in [0.25, 0.3) is 22.2 Å². The minimum atomic E-state index is -3.96. The van der Waals surface area contributed by atoms with Crippen LogP contribution in [0.3, 0.4) is 0 Å². The summed E-state index contributed by atoms with van der Waals surface area (Å²) in [6, 6.07) is 11.0. The van der Waals surface area contributed by atoms with Gasteiger partial charge in [0.2, 0.25) is 11.8 Å². The van der Waals surface area contributed by atoms with E-state index in [0.29, 0.717) is 23.2 Å².